The standard InChI is InChI=1S/C19H16N2O2S/c20-11-15(19(23)18-9-4-10-24-18)17(22)8-3-5-13-12-21-16-7-2-1-6-14(13)16/h1-2,4,6-7,9-10,12,15,21H,3,5,8H2/t15-/m0/s1. The summed E-state index contributed by atoms with van der Waals surface area (Å²) in [5.41, 5.74) is 2.22. The van der Waals surface area contributed by atoms with E-state index in [9.17, 15) is 14.9 Å². The number of nitrogens with one attached hydrogen (secondary N) is 1. The summed E-state index contributed by atoms with van der Waals surface area (Å²) >= 11 is 1.26. The third kappa shape index (κ3) is 3.29. The van der Waals surface area contributed by atoms with Gasteiger partial charge in [0.15, 0.2) is 17.5 Å². The maximum absolute atomic E-state index is 12.3. The number of para-hydroxylation sites is 1. The minimum atomic E-state index is -1.19. The Morgan fingerprint density at radius 3 is 2.79 bits per heavy atom. The van der Waals surface area contributed by atoms with Crippen LogP contribution in [0.4, 0.5) is 0 Å². The zero-order valence-electron chi connectivity index (χ0n) is 13.0. The summed E-state index contributed by atoms with van der Waals surface area (Å²) in [5.74, 6) is -1.87. The Labute approximate surface area is 143 Å². The van der Waals surface area contributed by atoms with Crippen molar-refractivity contribution in [3.63, 3.8) is 0 Å². The maximum atomic E-state index is 12.3. The molecule has 0 amide bonds. The van der Waals surface area contributed by atoms with Crippen LogP contribution in [0.15, 0.2) is 48.0 Å². The molecule has 0 aliphatic rings. The van der Waals surface area contributed by atoms with E-state index in [0.29, 0.717) is 11.3 Å². The van der Waals surface area contributed by atoms with Crippen LogP contribution in [0.5, 0.6) is 0 Å². The molecule has 5 heteroatoms. The first kappa shape index (κ1) is 16.2. The Morgan fingerprint density at radius 2 is 2.04 bits per heavy atom. The molecule has 0 spiro atoms. The van der Waals surface area contributed by atoms with Crippen LogP contribution in [-0.4, -0.2) is 16.6 Å². The minimum Gasteiger partial charge on any atom is -0.361 e. The molecule has 0 aliphatic carbocycles. The van der Waals surface area contributed by atoms with Gasteiger partial charge in [-0.15, -0.1) is 11.3 Å². The Kier molecular flexibility index (Phi) is 4.88. The van der Waals surface area contributed by atoms with Gasteiger partial charge in [0.1, 0.15) is 0 Å². The zero-order chi connectivity index (χ0) is 16.9. The number of aryl methyl sites for hydroxylation is 1. The molecule has 2 heterocycles. The fourth-order valence-corrected chi connectivity index (χ4v) is 3.47. The van der Waals surface area contributed by atoms with E-state index in [2.05, 4.69) is 4.98 Å². The van der Waals surface area contributed by atoms with Crippen molar-refractivity contribution < 1.29 is 9.59 Å². The summed E-state index contributed by atoms with van der Waals surface area (Å²) in [7, 11) is 0. The number of rotatable bonds is 7. The van der Waals surface area contributed by atoms with Crippen molar-refractivity contribution in [2.75, 3.05) is 0 Å². The lowest BCUT2D eigenvalue weighted by molar-refractivity contribution is -0.120. The predicted octanol–water partition coefficient (Wildman–Crippen LogP) is 4.14. The number of H-pyrrole nitrogens is 1. The number of hydrogen-bond donors (Lipinski definition) is 1. The predicted molar refractivity (Wildman–Crippen MR) is 94.0 cm³/mol. The van der Waals surface area contributed by atoms with Gasteiger partial charge in [-0.3, -0.25) is 9.59 Å². The molecule has 2 aromatic heterocycles. The summed E-state index contributed by atoms with van der Waals surface area (Å²) in [4.78, 5) is 28.1. The Hall–Kier alpha value is -2.71. The third-order valence-electron chi connectivity index (χ3n) is 4.02. The highest BCUT2D eigenvalue weighted by molar-refractivity contribution is 7.12. The van der Waals surface area contributed by atoms with Gasteiger partial charge < -0.3 is 4.98 Å². The van der Waals surface area contributed by atoms with Crippen LogP contribution in [-0.2, 0) is 11.2 Å². The highest BCUT2D eigenvalue weighted by atomic mass is 32.1. The van der Waals surface area contributed by atoms with Gasteiger partial charge in [-0.25, -0.2) is 0 Å². The molecule has 0 fully saturated rings. The number of nitriles is 1. The van der Waals surface area contributed by atoms with E-state index < -0.39 is 5.92 Å². The van der Waals surface area contributed by atoms with E-state index >= 15 is 0 Å². The molecule has 0 saturated heterocycles. The summed E-state index contributed by atoms with van der Waals surface area (Å²) in [5, 5.41) is 12.1. The number of nitrogens with zero attached hydrogens (tertiary/aromatic N) is 1. The van der Waals surface area contributed by atoms with Gasteiger partial charge in [0.25, 0.3) is 0 Å². The lowest BCUT2D eigenvalue weighted by Gasteiger charge is -2.06. The molecule has 3 rings (SSSR count). The molecule has 24 heavy (non-hydrogen) atoms. The van der Waals surface area contributed by atoms with Crippen LogP contribution in [0.2, 0.25) is 0 Å². The van der Waals surface area contributed by atoms with Gasteiger partial charge in [-0.05, 0) is 35.9 Å². The van der Waals surface area contributed by atoms with Crippen molar-refractivity contribution in [2.45, 2.75) is 19.3 Å². The number of carbonyl (C=O) groups excluding carboxylic acids is 2. The fourth-order valence-electron chi connectivity index (χ4n) is 2.77. The number of hydrogen-bond acceptors (Lipinski definition) is 4. The topological polar surface area (TPSA) is 73.7 Å². The number of fused-ring (bicyclic) bond motifs is 1. The SMILES string of the molecule is N#C[C@@H](C(=O)CCCc1c[nH]c2ccccc12)C(=O)c1cccs1. The first-order valence-corrected chi connectivity index (χ1v) is 8.63. The Bertz CT molecular complexity index is 903. The first-order chi connectivity index (χ1) is 11.7. The summed E-state index contributed by atoms with van der Waals surface area (Å²) in [6.45, 7) is 0. The van der Waals surface area contributed by atoms with Crippen molar-refractivity contribution in [2.24, 2.45) is 5.92 Å². The van der Waals surface area contributed by atoms with Gasteiger partial charge in [0.05, 0.1) is 10.9 Å². The van der Waals surface area contributed by atoms with E-state index in [-0.39, 0.29) is 18.0 Å². The lowest BCUT2D eigenvalue weighted by Crippen LogP contribution is -2.22. The second kappa shape index (κ2) is 7.24. The molecule has 0 unspecified atom stereocenters. The number of aromatic amines is 1. The summed E-state index contributed by atoms with van der Waals surface area (Å²) in [6.07, 6.45) is 3.54. The lowest BCUT2D eigenvalue weighted by atomic mass is 9.95. The van der Waals surface area contributed by atoms with Gasteiger partial charge in [-0.1, -0.05) is 24.3 Å². The van der Waals surface area contributed by atoms with E-state index in [1.54, 1.807) is 17.5 Å². The van der Waals surface area contributed by atoms with Crippen LogP contribution >= 0.6 is 11.3 Å². The molecular weight excluding hydrogens is 320 g/mol. The molecular formula is C19H16N2O2S. The number of aromatic nitrogens is 1. The van der Waals surface area contributed by atoms with Gasteiger partial charge in [0, 0.05) is 23.5 Å². The van der Waals surface area contributed by atoms with E-state index in [4.69, 9.17) is 0 Å². The number of Topliss-reactive ketones (excluding diaryl/α,β-unsaturated/α-hetero) is 2. The van der Waals surface area contributed by atoms with Crippen molar-refractivity contribution in [1.82, 2.24) is 4.98 Å². The first-order valence-electron chi connectivity index (χ1n) is 7.75. The van der Waals surface area contributed by atoms with Gasteiger partial charge >= 0.3 is 0 Å². The van der Waals surface area contributed by atoms with Crippen molar-refractivity contribution >= 4 is 33.8 Å². The third-order valence-corrected chi connectivity index (χ3v) is 4.91. The van der Waals surface area contributed by atoms with E-state index in [1.807, 2.05) is 36.5 Å². The van der Waals surface area contributed by atoms with Gasteiger partial charge in [-0.2, -0.15) is 5.26 Å². The average molecular weight is 336 g/mol. The van der Waals surface area contributed by atoms with Crippen LogP contribution in [0.25, 0.3) is 10.9 Å². The van der Waals surface area contributed by atoms with Crippen LogP contribution in [0.1, 0.15) is 28.1 Å². The molecule has 1 aromatic carbocycles. The quantitative estimate of drug-likeness (QED) is 0.520. The van der Waals surface area contributed by atoms with Crippen LogP contribution in [0.3, 0.4) is 0 Å². The molecule has 0 saturated carbocycles. The van der Waals surface area contributed by atoms with Crippen molar-refractivity contribution in [3.8, 4) is 6.07 Å². The summed E-state index contributed by atoms with van der Waals surface area (Å²) in [6, 6.07) is 13.3. The number of ketones is 2. The van der Waals surface area contributed by atoms with Crippen molar-refractivity contribution in [3.05, 3.63) is 58.4 Å². The molecule has 3 aromatic rings. The number of carbonyl (C=O) groups is 2. The molecule has 0 aliphatic heterocycles. The normalized spacial score (nSPS) is 12.0. The van der Waals surface area contributed by atoms with Crippen LogP contribution < -0.4 is 0 Å². The Morgan fingerprint density at radius 1 is 1.21 bits per heavy atom. The summed E-state index contributed by atoms with van der Waals surface area (Å²) < 4.78 is 0. The molecule has 1 atom stereocenters. The average Bonchev–Trinajstić information content (AvgIpc) is 3.25. The molecule has 0 bridgehead atoms. The van der Waals surface area contributed by atoms with Gasteiger partial charge in [0.2, 0.25) is 0 Å². The molecule has 4 nitrogen and oxygen atoms in total. The second-order valence-electron chi connectivity index (χ2n) is 5.58. The highest BCUT2D eigenvalue weighted by Gasteiger charge is 2.27. The minimum absolute atomic E-state index is 0.231. The molecule has 0 radical (unpaired) electrons. The maximum Gasteiger partial charge on any atom is 0.197 e. The van der Waals surface area contributed by atoms with E-state index in [0.717, 1.165) is 22.9 Å². The fraction of sp³-hybridized carbons (Fsp3) is 0.211. The largest absolute Gasteiger partial charge is 0.361 e. The molecule has 120 valence electrons. The van der Waals surface area contributed by atoms with E-state index in [1.165, 1.54) is 11.3 Å². The molecule has 1 N–H and O–H groups in total. The number of thiophene rings is 1. The highest BCUT2D eigenvalue weighted by Crippen LogP contribution is 2.21. The zero-order valence-corrected chi connectivity index (χ0v) is 13.8. The Balaban J connectivity index is 1.60. The second-order valence-corrected chi connectivity index (χ2v) is 6.53. The number of benzene rings is 1. The monoisotopic (exact) mass is 336 g/mol. The van der Waals surface area contributed by atoms with Crippen molar-refractivity contribution in [1.29, 1.82) is 5.26 Å². The van der Waals surface area contributed by atoms with Crippen LogP contribution in [0, 0.1) is 17.2 Å². The smallest absolute Gasteiger partial charge is 0.197 e.